The second-order valence-electron chi connectivity index (χ2n) is 6.76. The second-order valence-corrected chi connectivity index (χ2v) is 9.67. The summed E-state index contributed by atoms with van der Waals surface area (Å²) in [5, 5.41) is 0.476. The van der Waals surface area contributed by atoms with E-state index >= 15 is 0 Å². The first-order chi connectivity index (χ1) is 13.0. The zero-order valence-corrected chi connectivity index (χ0v) is 19.0. The minimum Gasteiger partial charge on any atom is -0.495 e. The molecule has 150 valence electrons. The lowest BCUT2D eigenvalue weighted by Crippen LogP contribution is -2.33. The molecule has 1 N–H and O–H groups in total. The molecule has 0 fully saturated rings. The standard InChI is InChI=1S/C19H20BrClN2O4S/c1-10-5-16(18(27-4)8-15(10)21)22-28(25,26)19-9-17-13(7-14(19)20)6-11(2)23(17)12(3)24/h5,7-9,11,22H,6H2,1-4H3/t11-/m1/s1. The maximum Gasteiger partial charge on any atom is 0.263 e. The molecule has 1 heterocycles. The van der Waals surface area contributed by atoms with E-state index in [9.17, 15) is 13.2 Å². The number of halogens is 2. The van der Waals surface area contributed by atoms with E-state index in [4.69, 9.17) is 16.3 Å². The monoisotopic (exact) mass is 486 g/mol. The zero-order valence-electron chi connectivity index (χ0n) is 15.8. The summed E-state index contributed by atoms with van der Waals surface area (Å²) in [7, 11) is -2.51. The van der Waals surface area contributed by atoms with E-state index in [2.05, 4.69) is 20.7 Å². The summed E-state index contributed by atoms with van der Waals surface area (Å²) in [6.07, 6.45) is 0.672. The molecule has 0 bridgehead atoms. The number of nitrogens with one attached hydrogen (secondary N) is 1. The molecule has 1 aliphatic heterocycles. The topological polar surface area (TPSA) is 75.7 Å². The third kappa shape index (κ3) is 3.73. The molecular weight excluding hydrogens is 468 g/mol. The van der Waals surface area contributed by atoms with Crippen LogP contribution in [-0.4, -0.2) is 27.5 Å². The van der Waals surface area contributed by atoms with Crippen LogP contribution in [0.2, 0.25) is 5.02 Å². The highest BCUT2D eigenvalue weighted by Gasteiger charge is 2.32. The van der Waals surface area contributed by atoms with Gasteiger partial charge in [0.25, 0.3) is 10.0 Å². The third-order valence-electron chi connectivity index (χ3n) is 4.70. The van der Waals surface area contributed by atoms with E-state index in [-0.39, 0.29) is 22.5 Å². The summed E-state index contributed by atoms with van der Waals surface area (Å²) in [6, 6.07) is 6.44. The van der Waals surface area contributed by atoms with Crippen LogP contribution in [0.4, 0.5) is 11.4 Å². The Morgan fingerprint density at radius 3 is 2.61 bits per heavy atom. The van der Waals surface area contributed by atoms with Gasteiger partial charge in [-0.25, -0.2) is 8.42 Å². The number of ether oxygens (including phenoxy) is 1. The lowest BCUT2D eigenvalue weighted by molar-refractivity contribution is -0.116. The molecule has 0 saturated heterocycles. The molecule has 28 heavy (non-hydrogen) atoms. The van der Waals surface area contributed by atoms with Gasteiger partial charge in [-0.1, -0.05) is 11.6 Å². The minimum absolute atomic E-state index is 0.0238. The van der Waals surface area contributed by atoms with Crippen LogP contribution in [0, 0.1) is 6.92 Å². The van der Waals surface area contributed by atoms with Gasteiger partial charge >= 0.3 is 0 Å². The van der Waals surface area contributed by atoms with Crippen LogP contribution >= 0.6 is 27.5 Å². The SMILES string of the molecule is COc1cc(Cl)c(C)cc1NS(=O)(=O)c1cc2c(cc1Br)C[C@@H](C)N2C(C)=O. The van der Waals surface area contributed by atoms with Crippen molar-refractivity contribution in [2.75, 3.05) is 16.7 Å². The van der Waals surface area contributed by atoms with Crippen molar-refractivity contribution in [1.82, 2.24) is 0 Å². The number of methoxy groups -OCH3 is 1. The molecule has 3 rings (SSSR count). The smallest absolute Gasteiger partial charge is 0.263 e. The van der Waals surface area contributed by atoms with Crippen molar-refractivity contribution < 1.29 is 17.9 Å². The van der Waals surface area contributed by atoms with Crippen LogP contribution in [0.1, 0.15) is 25.0 Å². The Hall–Kier alpha value is -1.77. The number of anilines is 2. The molecule has 9 heteroatoms. The number of nitrogens with zero attached hydrogens (tertiary/aromatic N) is 1. The van der Waals surface area contributed by atoms with E-state index in [1.165, 1.54) is 20.1 Å². The number of hydrogen-bond donors (Lipinski definition) is 1. The van der Waals surface area contributed by atoms with E-state index in [0.717, 1.165) is 5.56 Å². The Kier molecular flexibility index (Phi) is 5.67. The molecule has 0 unspecified atom stereocenters. The number of carbonyl (C=O) groups is 1. The van der Waals surface area contributed by atoms with E-state index in [1.807, 2.05) is 6.92 Å². The summed E-state index contributed by atoms with van der Waals surface area (Å²) < 4.78 is 34.5. The minimum atomic E-state index is -3.95. The lowest BCUT2D eigenvalue weighted by Gasteiger charge is -2.21. The van der Waals surface area contributed by atoms with Crippen LogP contribution in [0.15, 0.2) is 33.6 Å². The van der Waals surface area contributed by atoms with Gasteiger partial charge < -0.3 is 9.64 Å². The van der Waals surface area contributed by atoms with Crippen molar-refractivity contribution in [2.24, 2.45) is 0 Å². The molecule has 2 aromatic carbocycles. The molecule has 0 saturated carbocycles. The summed E-state index contributed by atoms with van der Waals surface area (Å²) in [5.41, 5.74) is 2.54. The summed E-state index contributed by atoms with van der Waals surface area (Å²) in [5.74, 6) is 0.190. The number of rotatable bonds is 4. The highest BCUT2D eigenvalue weighted by Crippen LogP contribution is 2.39. The van der Waals surface area contributed by atoms with Crippen molar-refractivity contribution in [2.45, 2.75) is 38.1 Å². The van der Waals surface area contributed by atoms with Crippen molar-refractivity contribution in [3.8, 4) is 5.75 Å². The molecule has 1 amide bonds. The predicted molar refractivity (Wildman–Crippen MR) is 114 cm³/mol. The van der Waals surface area contributed by atoms with E-state index in [1.54, 1.807) is 30.0 Å². The number of fused-ring (bicyclic) bond motifs is 1. The Morgan fingerprint density at radius 1 is 1.32 bits per heavy atom. The van der Waals surface area contributed by atoms with Gasteiger partial charge in [0.05, 0.1) is 12.8 Å². The van der Waals surface area contributed by atoms with Crippen LogP contribution < -0.4 is 14.4 Å². The molecular formula is C19H20BrClN2O4S. The average Bonchev–Trinajstić information content (AvgIpc) is 2.91. The van der Waals surface area contributed by atoms with Gasteiger partial charge in [0.15, 0.2) is 0 Å². The second kappa shape index (κ2) is 7.57. The number of carbonyl (C=O) groups excluding carboxylic acids is 1. The molecule has 2 aromatic rings. The van der Waals surface area contributed by atoms with Crippen molar-refractivity contribution >= 4 is 54.8 Å². The van der Waals surface area contributed by atoms with Crippen molar-refractivity contribution in [3.63, 3.8) is 0 Å². The van der Waals surface area contributed by atoms with Crippen LogP contribution in [0.5, 0.6) is 5.75 Å². The first-order valence-corrected chi connectivity index (χ1v) is 11.2. The molecule has 6 nitrogen and oxygen atoms in total. The zero-order chi connectivity index (χ0) is 20.8. The molecule has 1 aliphatic rings. The van der Waals surface area contributed by atoms with Gasteiger partial charge in [-0.15, -0.1) is 0 Å². The van der Waals surface area contributed by atoms with Gasteiger partial charge in [-0.3, -0.25) is 9.52 Å². The Labute approximate surface area is 178 Å². The highest BCUT2D eigenvalue weighted by atomic mass is 79.9. The number of aryl methyl sites for hydroxylation is 1. The van der Waals surface area contributed by atoms with E-state index in [0.29, 0.717) is 32.9 Å². The number of sulfonamides is 1. The fourth-order valence-corrected chi connectivity index (χ4v) is 5.74. The summed E-state index contributed by atoms with van der Waals surface area (Å²) >= 11 is 9.46. The first-order valence-electron chi connectivity index (χ1n) is 8.54. The quantitative estimate of drug-likeness (QED) is 0.688. The number of hydrogen-bond acceptors (Lipinski definition) is 4. The Balaban J connectivity index is 2.07. The van der Waals surface area contributed by atoms with Crippen LogP contribution in [0.3, 0.4) is 0 Å². The number of amides is 1. The summed E-state index contributed by atoms with van der Waals surface area (Å²) in [4.78, 5) is 13.7. The fourth-order valence-electron chi connectivity index (χ4n) is 3.42. The highest BCUT2D eigenvalue weighted by molar-refractivity contribution is 9.10. The van der Waals surface area contributed by atoms with Gasteiger partial charge in [-0.2, -0.15) is 0 Å². The van der Waals surface area contributed by atoms with Gasteiger partial charge in [-0.05, 0) is 65.5 Å². The van der Waals surface area contributed by atoms with Crippen LogP contribution in [-0.2, 0) is 21.2 Å². The molecule has 0 aliphatic carbocycles. The van der Waals surface area contributed by atoms with Gasteiger partial charge in [0.1, 0.15) is 10.6 Å². The van der Waals surface area contributed by atoms with Crippen LogP contribution in [0.25, 0.3) is 0 Å². The van der Waals surface area contributed by atoms with Crippen molar-refractivity contribution in [3.05, 3.63) is 44.9 Å². The fraction of sp³-hybridized carbons (Fsp3) is 0.316. The first kappa shape index (κ1) is 21.0. The number of benzene rings is 2. The Bertz CT molecular complexity index is 1070. The van der Waals surface area contributed by atoms with Gasteiger partial charge in [0, 0.05) is 34.2 Å². The largest absolute Gasteiger partial charge is 0.495 e. The molecule has 0 spiro atoms. The van der Waals surface area contributed by atoms with E-state index < -0.39 is 10.0 Å². The normalized spacial score (nSPS) is 16.1. The predicted octanol–water partition coefficient (Wildman–Crippen LogP) is 4.52. The third-order valence-corrected chi connectivity index (χ3v) is 7.43. The maximum absolute atomic E-state index is 13.1. The molecule has 1 atom stereocenters. The summed E-state index contributed by atoms with van der Waals surface area (Å²) in [6.45, 7) is 5.18. The molecule has 0 radical (unpaired) electrons. The lowest BCUT2D eigenvalue weighted by atomic mass is 10.1. The molecule has 0 aromatic heterocycles. The Morgan fingerprint density at radius 2 is 2.00 bits per heavy atom. The van der Waals surface area contributed by atoms with Crippen molar-refractivity contribution in [1.29, 1.82) is 0 Å². The maximum atomic E-state index is 13.1. The average molecular weight is 488 g/mol. The van der Waals surface area contributed by atoms with Gasteiger partial charge in [0.2, 0.25) is 5.91 Å².